The molecule has 0 radical (unpaired) electrons. The van der Waals surface area contributed by atoms with E-state index in [0.29, 0.717) is 0 Å². The molecule has 22 heavy (non-hydrogen) atoms. The summed E-state index contributed by atoms with van der Waals surface area (Å²) in [6.45, 7) is 6.64. The molecule has 3 rings (SSSR count). The number of nitrogens with zero attached hydrogens (tertiary/aromatic N) is 2. The molecule has 2 nitrogen and oxygen atoms in total. The lowest BCUT2D eigenvalue weighted by Crippen LogP contribution is -2.16. The average Bonchev–Trinajstić information content (AvgIpc) is 2.55. The molecular weight excluding hydrogens is 268 g/mol. The summed E-state index contributed by atoms with van der Waals surface area (Å²) in [5.74, 6) is 0. The summed E-state index contributed by atoms with van der Waals surface area (Å²) in [4.78, 5) is 9.18. The van der Waals surface area contributed by atoms with Crippen LogP contribution in [0.15, 0.2) is 67.0 Å². The third-order valence-corrected chi connectivity index (χ3v) is 3.69. The predicted octanol–water partition coefficient (Wildman–Crippen LogP) is 5.11. The molecule has 0 amide bonds. The van der Waals surface area contributed by atoms with Crippen LogP contribution in [0.4, 0.5) is 0 Å². The van der Waals surface area contributed by atoms with Gasteiger partial charge in [-0.1, -0.05) is 81.4 Å². The minimum atomic E-state index is -0.0440. The van der Waals surface area contributed by atoms with Crippen LogP contribution in [0.2, 0.25) is 0 Å². The van der Waals surface area contributed by atoms with Crippen LogP contribution in [0, 0.1) is 0 Å². The highest BCUT2D eigenvalue weighted by atomic mass is 14.9. The quantitative estimate of drug-likeness (QED) is 0.655. The molecule has 3 aromatic rings. The zero-order chi connectivity index (χ0) is 15.6. The lowest BCUT2D eigenvalue weighted by atomic mass is 9.81. The predicted molar refractivity (Wildman–Crippen MR) is 91.6 cm³/mol. The zero-order valence-electron chi connectivity index (χ0n) is 13.2. The highest BCUT2D eigenvalue weighted by Crippen LogP contribution is 2.37. The van der Waals surface area contributed by atoms with Gasteiger partial charge in [-0.05, 0) is 5.41 Å². The van der Waals surface area contributed by atoms with Gasteiger partial charge >= 0.3 is 0 Å². The number of hydrogen-bond acceptors (Lipinski definition) is 2. The van der Waals surface area contributed by atoms with Crippen molar-refractivity contribution >= 4 is 0 Å². The minimum Gasteiger partial charge on any atom is -0.236 e. The largest absolute Gasteiger partial charge is 0.236 e. The van der Waals surface area contributed by atoms with Crippen LogP contribution in [0.3, 0.4) is 0 Å². The lowest BCUT2D eigenvalue weighted by molar-refractivity contribution is 0.588. The van der Waals surface area contributed by atoms with Gasteiger partial charge in [0.15, 0.2) is 0 Å². The Bertz CT molecular complexity index is 699. The van der Waals surface area contributed by atoms with Gasteiger partial charge in [0.2, 0.25) is 0 Å². The van der Waals surface area contributed by atoms with Crippen molar-refractivity contribution in [1.82, 2.24) is 9.97 Å². The molecule has 0 atom stereocenters. The summed E-state index contributed by atoms with van der Waals surface area (Å²) in [5, 5.41) is 0. The SMILES string of the molecule is CC(C)(C)c1c(-c2ccccc2)ncnc1-c1ccccc1. The molecule has 0 aliphatic rings. The molecule has 2 heteroatoms. The smallest absolute Gasteiger partial charge is 0.116 e. The minimum absolute atomic E-state index is 0.0440. The van der Waals surface area contributed by atoms with Crippen molar-refractivity contribution in [2.45, 2.75) is 26.2 Å². The van der Waals surface area contributed by atoms with Crippen molar-refractivity contribution in [3.05, 3.63) is 72.6 Å². The van der Waals surface area contributed by atoms with Crippen molar-refractivity contribution < 1.29 is 0 Å². The summed E-state index contributed by atoms with van der Waals surface area (Å²) in [7, 11) is 0. The summed E-state index contributed by atoms with van der Waals surface area (Å²) in [6.07, 6.45) is 1.67. The summed E-state index contributed by atoms with van der Waals surface area (Å²) < 4.78 is 0. The zero-order valence-corrected chi connectivity index (χ0v) is 13.2. The van der Waals surface area contributed by atoms with E-state index >= 15 is 0 Å². The fourth-order valence-corrected chi connectivity index (χ4v) is 2.73. The van der Waals surface area contributed by atoms with Gasteiger partial charge in [0.1, 0.15) is 6.33 Å². The number of aromatic nitrogens is 2. The van der Waals surface area contributed by atoms with E-state index in [1.807, 2.05) is 36.4 Å². The molecule has 110 valence electrons. The molecule has 0 unspecified atom stereocenters. The van der Waals surface area contributed by atoms with Gasteiger partial charge in [0, 0.05) is 16.7 Å². The molecule has 0 fully saturated rings. The first-order chi connectivity index (χ1) is 10.6. The second-order valence-electron chi connectivity index (χ2n) is 6.43. The van der Waals surface area contributed by atoms with E-state index < -0.39 is 0 Å². The summed E-state index contributed by atoms with van der Waals surface area (Å²) in [6, 6.07) is 20.7. The maximum Gasteiger partial charge on any atom is 0.116 e. The van der Waals surface area contributed by atoms with Gasteiger partial charge in [-0.15, -0.1) is 0 Å². The van der Waals surface area contributed by atoms with E-state index in [9.17, 15) is 0 Å². The third-order valence-electron chi connectivity index (χ3n) is 3.69. The first kappa shape index (κ1) is 14.5. The van der Waals surface area contributed by atoms with Crippen molar-refractivity contribution in [1.29, 1.82) is 0 Å². The van der Waals surface area contributed by atoms with Gasteiger partial charge in [0.05, 0.1) is 11.4 Å². The highest BCUT2D eigenvalue weighted by Gasteiger charge is 2.25. The van der Waals surface area contributed by atoms with E-state index in [1.54, 1.807) is 6.33 Å². The van der Waals surface area contributed by atoms with Crippen molar-refractivity contribution in [2.24, 2.45) is 0 Å². The highest BCUT2D eigenvalue weighted by molar-refractivity contribution is 5.74. The molecule has 0 saturated carbocycles. The van der Waals surface area contributed by atoms with E-state index in [2.05, 4.69) is 55.0 Å². The van der Waals surface area contributed by atoms with E-state index in [-0.39, 0.29) is 5.41 Å². The van der Waals surface area contributed by atoms with Crippen LogP contribution in [0.25, 0.3) is 22.5 Å². The molecule has 1 heterocycles. The van der Waals surface area contributed by atoms with Crippen molar-refractivity contribution in [3.8, 4) is 22.5 Å². The monoisotopic (exact) mass is 288 g/mol. The number of hydrogen-bond donors (Lipinski definition) is 0. The van der Waals surface area contributed by atoms with Gasteiger partial charge in [-0.2, -0.15) is 0 Å². The Balaban J connectivity index is 2.29. The molecular formula is C20H20N2. The standard InChI is InChI=1S/C20H20N2/c1-20(2,3)17-18(15-10-6-4-7-11-15)21-14-22-19(17)16-12-8-5-9-13-16/h4-14H,1-3H3. The van der Waals surface area contributed by atoms with Crippen LogP contribution >= 0.6 is 0 Å². The first-order valence-corrected chi connectivity index (χ1v) is 7.53. The van der Waals surface area contributed by atoms with Crippen LogP contribution in [-0.2, 0) is 5.41 Å². The molecule has 0 spiro atoms. The maximum absolute atomic E-state index is 4.59. The molecule has 0 N–H and O–H groups in total. The van der Waals surface area contributed by atoms with Crippen molar-refractivity contribution in [2.75, 3.05) is 0 Å². The Labute approximate surface area is 131 Å². The lowest BCUT2D eigenvalue weighted by Gasteiger charge is -2.25. The molecule has 0 aliphatic heterocycles. The topological polar surface area (TPSA) is 25.8 Å². The van der Waals surface area contributed by atoms with E-state index in [1.165, 1.54) is 5.56 Å². The molecule has 2 aromatic carbocycles. The molecule has 0 aliphatic carbocycles. The van der Waals surface area contributed by atoms with Crippen LogP contribution in [-0.4, -0.2) is 9.97 Å². The van der Waals surface area contributed by atoms with Gasteiger partial charge in [-0.3, -0.25) is 0 Å². The third kappa shape index (κ3) is 2.77. The van der Waals surface area contributed by atoms with Crippen LogP contribution < -0.4 is 0 Å². The Morgan fingerprint density at radius 1 is 0.636 bits per heavy atom. The number of rotatable bonds is 2. The summed E-state index contributed by atoms with van der Waals surface area (Å²) >= 11 is 0. The van der Waals surface area contributed by atoms with Crippen LogP contribution in [0.5, 0.6) is 0 Å². The summed E-state index contributed by atoms with van der Waals surface area (Å²) in [5.41, 5.74) is 5.44. The van der Waals surface area contributed by atoms with E-state index in [4.69, 9.17) is 0 Å². The molecule has 0 bridgehead atoms. The second-order valence-corrected chi connectivity index (χ2v) is 6.43. The Morgan fingerprint density at radius 2 is 1.05 bits per heavy atom. The van der Waals surface area contributed by atoms with Gasteiger partial charge < -0.3 is 0 Å². The molecule has 1 aromatic heterocycles. The Morgan fingerprint density at radius 3 is 1.41 bits per heavy atom. The molecule has 0 saturated heterocycles. The fourth-order valence-electron chi connectivity index (χ4n) is 2.73. The van der Waals surface area contributed by atoms with E-state index in [0.717, 1.165) is 22.5 Å². The van der Waals surface area contributed by atoms with Crippen LogP contribution in [0.1, 0.15) is 26.3 Å². The Kier molecular flexibility index (Phi) is 3.76. The van der Waals surface area contributed by atoms with Crippen molar-refractivity contribution in [3.63, 3.8) is 0 Å². The van der Waals surface area contributed by atoms with Gasteiger partial charge in [-0.25, -0.2) is 9.97 Å². The Hall–Kier alpha value is -2.48. The maximum atomic E-state index is 4.59. The average molecular weight is 288 g/mol. The van der Waals surface area contributed by atoms with Gasteiger partial charge in [0.25, 0.3) is 0 Å². The second kappa shape index (κ2) is 5.72. The normalized spacial score (nSPS) is 11.4. The first-order valence-electron chi connectivity index (χ1n) is 7.53. The number of benzene rings is 2. The fraction of sp³-hybridized carbons (Fsp3) is 0.200.